The molecule has 1 atom stereocenters. The second-order valence-corrected chi connectivity index (χ2v) is 5.95. The first kappa shape index (κ1) is 16.7. The van der Waals surface area contributed by atoms with Crippen molar-refractivity contribution >= 4 is 15.9 Å². The number of nitrogens with zero attached hydrogens (tertiary/aromatic N) is 2. The fourth-order valence-electron chi connectivity index (χ4n) is 2.52. The molecule has 0 radical (unpaired) electrons. The number of unbranched alkanes of at least 4 members (excludes halogenated alkanes) is 5. The molecular weight excluding hydrogens is 302 g/mol. The minimum Gasteiger partial charge on any atom is -0.312 e. The summed E-state index contributed by atoms with van der Waals surface area (Å²) in [5, 5.41) is 7.83. The predicted molar refractivity (Wildman–Crippen MR) is 85.4 cm³/mol. The Bertz CT molecular complexity index is 349. The Balaban J connectivity index is 2.42. The van der Waals surface area contributed by atoms with Crippen LogP contribution < -0.4 is 5.32 Å². The van der Waals surface area contributed by atoms with Crippen molar-refractivity contribution in [1.82, 2.24) is 15.1 Å². The lowest BCUT2D eigenvalue weighted by Crippen LogP contribution is -2.20. The smallest absolute Gasteiger partial charge is 0.0695 e. The zero-order valence-electron chi connectivity index (χ0n) is 12.6. The molecule has 1 heterocycles. The number of halogens is 1. The maximum atomic E-state index is 4.40. The molecule has 0 saturated heterocycles. The van der Waals surface area contributed by atoms with Crippen molar-refractivity contribution in [2.75, 3.05) is 7.05 Å². The van der Waals surface area contributed by atoms with Crippen LogP contribution in [-0.4, -0.2) is 16.8 Å². The van der Waals surface area contributed by atoms with Gasteiger partial charge in [0.1, 0.15) is 0 Å². The summed E-state index contributed by atoms with van der Waals surface area (Å²) in [6.45, 7) is 5.33. The first-order valence-electron chi connectivity index (χ1n) is 7.63. The van der Waals surface area contributed by atoms with E-state index in [4.69, 9.17) is 0 Å². The molecule has 0 bridgehead atoms. The maximum absolute atomic E-state index is 4.40. The molecule has 0 amide bonds. The fraction of sp³-hybridized carbons (Fsp3) is 0.800. The van der Waals surface area contributed by atoms with E-state index in [0.717, 1.165) is 11.0 Å². The lowest BCUT2D eigenvalue weighted by molar-refractivity contribution is 0.459. The van der Waals surface area contributed by atoms with Crippen molar-refractivity contribution in [3.8, 4) is 0 Å². The Morgan fingerprint density at radius 3 is 2.53 bits per heavy atom. The average molecular weight is 330 g/mol. The van der Waals surface area contributed by atoms with Gasteiger partial charge in [0.05, 0.1) is 22.4 Å². The third-order valence-corrected chi connectivity index (χ3v) is 4.27. The second kappa shape index (κ2) is 9.54. The van der Waals surface area contributed by atoms with Gasteiger partial charge in [0.25, 0.3) is 0 Å². The van der Waals surface area contributed by atoms with Crippen LogP contribution in [0.25, 0.3) is 0 Å². The van der Waals surface area contributed by atoms with Gasteiger partial charge in [-0.2, -0.15) is 5.10 Å². The molecule has 110 valence electrons. The van der Waals surface area contributed by atoms with Gasteiger partial charge in [0.15, 0.2) is 0 Å². The van der Waals surface area contributed by atoms with E-state index < -0.39 is 0 Å². The van der Waals surface area contributed by atoms with E-state index >= 15 is 0 Å². The summed E-state index contributed by atoms with van der Waals surface area (Å²) < 4.78 is 3.21. The zero-order chi connectivity index (χ0) is 14.1. The number of hydrogen-bond acceptors (Lipinski definition) is 2. The molecule has 4 heteroatoms. The Hall–Kier alpha value is -0.350. The van der Waals surface area contributed by atoms with Gasteiger partial charge in [-0.1, -0.05) is 45.4 Å². The summed E-state index contributed by atoms with van der Waals surface area (Å²) in [5.74, 6) is 0. The average Bonchev–Trinajstić information content (AvgIpc) is 2.79. The molecular formula is C15H28BrN3. The predicted octanol–water partition coefficient (Wildman–Crippen LogP) is 4.68. The first-order chi connectivity index (χ1) is 9.24. The van der Waals surface area contributed by atoms with E-state index in [1.165, 1.54) is 50.6 Å². The Morgan fingerprint density at radius 2 is 1.89 bits per heavy atom. The molecule has 1 aromatic rings. The van der Waals surface area contributed by atoms with E-state index in [1.54, 1.807) is 0 Å². The quantitative estimate of drug-likeness (QED) is 0.632. The summed E-state index contributed by atoms with van der Waals surface area (Å²) in [7, 11) is 2.04. The molecule has 0 aliphatic rings. The minimum absolute atomic E-state index is 0.406. The summed E-state index contributed by atoms with van der Waals surface area (Å²) in [6.07, 6.45) is 11.2. The molecule has 0 saturated carbocycles. The van der Waals surface area contributed by atoms with Gasteiger partial charge in [-0.05, 0) is 36.3 Å². The van der Waals surface area contributed by atoms with Crippen LogP contribution in [0.2, 0.25) is 0 Å². The van der Waals surface area contributed by atoms with Crippen LogP contribution in [0, 0.1) is 0 Å². The third kappa shape index (κ3) is 5.27. The number of aromatic nitrogens is 2. The molecule has 1 N–H and O–H groups in total. The molecule has 0 fully saturated rings. The van der Waals surface area contributed by atoms with Gasteiger partial charge in [-0.15, -0.1) is 0 Å². The Labute approximate surface area is 126 Å². The topological polar surface area (TPSA) is 29.9 Å². The summed E-state index contributed by atoms with van der Waals surface area (Å²) in [4.78, 5) is 0. The van der Waals surface area contributed by atoms with Crippen LogP contribution in [-0.2, 0) is 6.54 Å². The Morgan fingerprint density at radius 1 is 1.21 bits per heavy atom. The standard InChI is InChI=1S/C15H28BrN3/c1-4-6-7-8-9-10-11-14(17-3)15-13(16)12-18-19(15)5-2/h12,14,17H,4-11H2,1-3H3. The molecule has 3 nitrogen and oxygen atoms in total. The number of nitrogens with one attached hydrogen (secondary N) is 1. The molecule has 0 spiro atoms. The normalized spacial score (nSPS) is 12.8. The molecule has 0 aromatic carbocycles. The third-order valence-electron chi connectivity index (χ3n) is 3.66. The summed E-state index contributed by atoms with van der Waals surface area (Å²) in [6, 6.07) is 0.406. The van der Waals surface area contributed by atoms with E-state index in [9.17, 15) is 0 Å². The molecule has 19 heavy (non-hydrogen) atoms. The number of hydrogen-bond donors (Lipinski definition) is 1. The van der Waals surface area contributed by atoms with Gasteiger partial charge < -0.3 is 5.32 Å². The molecule has 1 aromatic heterocycles. The first-order valence-corrected chi connectivity index (χ1v) is 8.42. The van der Waals surface area contributed by atoms with Gasteiger partial charge in [-0.25, -0.2) is 0 Å². The van der Waals surface area contributed by atoms with E-state index in [-0.39, 0.29) is 0 Å². The van der Waals surface area contributed by atoms with Crippen LogP contribution in [0.1, 0.15) is 70.5 Å². The molecule has 1 rings (SSSR count). The van der Waals surface area contributed by atoms with Crippen LogP contribution >= 0.6 is 15.9 Å². The van der Waals surface area contributed by atoms with Crippen molar-refractivity contribution < 1.29 is 0 Å². The van der Waals surface area contributed by atoms with Crippen molar-refractivity contribution in [2.24, 2.45) is 0 Å². The van der Waals surface area contributed by atoms with Crippen molar-refractivity contribution in [2.45, 2.75) is 71.4 Å². The van der Waals surface area contributed by atoms with Crippen LogP contribution in [0.3, 0.4) is 0 Å². The fourth-order valence-corrected chi connectivity index (χ4v) is 3.09. The number of aryl methyl sites for hydroxylation is 1. The monoisotopic (exact) mass is 329 g/mol. The van der Waals surface area contributed by atoms with Gasteiger partial charge in [0, 0.05) is 6.54 Å². The van der Waals surface area contributed by atoms with Crippen LogP contribution in [0.15, 0.2) is 10.7 Å². The van der Waals surface area contributed by atoms with Crippen molar-refractivity contribution in [3.05, 3.63) is 16.4 Å². The van der Waals surface area contributed by atoms with Gasteiger partial charge in [0.2, 0.25) is 0 Å². The summed E-state index contributed by atoms with van der Waals surface area (Å²) in [5.41, 5.74) is 1.29. The lowest BCUT2D eigenvalue weighted by Gasteiger charge is -2.18. The minimum atomic E-state index is 0.406. The largest absolute Gasteiger partial charge is 0.312 e. The molecule has 0 aliphatic carbocycles. The van der Waals surface area contributed by atoms with E-state index in [2.05, 4.69) is 44.9 Å². The maximum Gasteiger partial charge on any atom is 0.0695 e. The van der Waals surface area contributed by atoms with Crippen molar-refractivity contribution in [3.63, 3.8) is 0 Å². The second-order valence-electron chi connectivity index (χ2n) is 5.09. The summed E-state index contributed by atoms with van der Waals surface area (Å²) >= 11 is 3.62. The highest BCUT2D eigenvalue weighted by Gasteiger charge is 2.17. The van der Waals surface area contributed by atoms with Gasteiger partial charge in [-0.3, -0.25) is 4.68 Å². The van der Waals surface area contributed by atoms with Crippen LogP contribution in [0.4, 0.5) is 0 Å². The Kier molecular flexibility index (Phi) is 8.38. The zero-order valence-corrected chi connectivity index (χ0v) is 14.2. The lowest BCUT2D eigenvalue weighted by atomic mass is 10.0. The van der Waals surface area contributed by atoms with E-state index in [1.807, 2.05) is 13.2 Å². The molecule has 0 aliphatic heterocycles. The van der Waals surface area contributed by atoms with Crippen LogP contribution in [0.5, 0.6) is 0 Å². The van der Waals surface area contributed by atoms with E-state index in [0.29, 0.717) is 6.04 Å². The highest BCUT2D eigenvalue weighted by atomic mass is 79.9. The number of rotatable bonds is 10. The SMILES string of the molecule is CCCCCCCCC(NC)c1c(Br)cnn1CC. The van der Waals surface area contributed by atoms with Gasteiger partial charge >= 0.3 is 0 Å². The molecule has 1 unspecified atom stereocenters. The highest BCUT2D eigenvalue weighted by Crippen LogP contribution is 2.27. The highest BCUT2D eigenvalue weighted by molar-refractivity contribution is 9.10. The van der Waals surface area contributed by atoms with Crippen molar-refractivity contribution in [1.29, 1.82) is 0 Å².